The molecule has 0 aromatic carbocycles. The van der Waals surface area contributed by atoms with E-state index < -0.39 is 30.0 Å². The van der Waals surface area contributed by atoms with Crippen molar-refractivity contribution in [3.8, 4) is 0 Å². The fourth-order valence-corrected chi connectivity index (χ4v) is 1.13. The Morgan fingerprint density at radius 1 is 1.58 bits per heavy atom. The molecule has 4 atom stereocenters. The monoisotopic (exact) mass is 177 g/mol. The fourth-order valence-electron chi connectivity index (χ4n) is 1.13. The highest BCUT2D eigenvalue weighted by atomic mass is 16.6. The summed E-state index contributed by atoms with van der Waals surface area (Å²) in [6.45, 7) is 1.44. The van der Waals surface area contributed by atoms with Gasteiger partial charge in [-0.25, -0.2) is 4.79 Å². The Hall–Kier alpha value is -0.690. The van der Waals surface area contributed by atoms with Gasteiger partial charge in [0.25, 0.3) is 0 Å². The van der Waals surface area contributed by atoms with Crippen molar-refractivity contribution >= 4 is 5.97 Å². The van der Waals surface area contributed by atoms with Gasteiger partial charge >= 0.3 is 5.97 Å². The predicted molar refractivity (Wildman–Crippen MR) is 37.1 cm³/mol. The van der Waals surface area contributed by atoms with Crippen molar-refractivity contribution in [2.24, 2.45) is 5.73 Å². The average Bonchev–Trinajstić information content (AvgIpc) is 2.17. The first-order valence-corrected chi connectivity index (χ1v) is 3.46. The van der Waals surface area contributed by atoms with Gasteiger partial charge in [0.1, 0.15) is 12.2 Å². The second-order valence-electron chi connectivity index (χ2n) is 2.86. The number of rotatable bonds is 1. The minimum absolute atomic E-state index is 0.777. The number of nitrogens with two attached hydrogens (primary N) is 1. The zero-order chi connectivity index (χ0) is 9.52. The van der Waals surface area contributed by atoms with Crippen molar-refractivity contribution in [2.75, 3.05) is 0 Å². The van der Waals surface area contributed by atoms with Gasteiger partial charge in [-0.15, -0.1) is 0 Å². The third kappa shape index (κ3) is 1.09. The summed E-state index contributed by atoms with van der Waals surface area (Å²) in [6, 6.07) is 0. The van der Waals surface area contributed by atoms with Crippen LogP contribution in [0.25, 0.3) is 0 Å². The van der Waals surface area contributed by atoms with Gasteiger partial charge in [0.15, 0.2) is 0 Å². The van der Waals surface area contributed by atoms with Gasteiger partial charge in [-0.3, -0.25) is 5.73 Å². The Balaban J connectivity index is 2.89. The summed E-state index contributed by atoms with van der Waals surface area (Å²) in [5, 5.41) is 26.9. The maximum Gasteiger partial charge on any atom is 0.354 e. The molecule has 12 heavy (non-hydrogen) atoms. The first-order chi connectivity index (χ1) is 5.39. The summed E-state index contributed by atoms with van der Waals surface area (Å²) in [5.74, 6) is -1.49. The summed E-state index contributed by atoms with van der Waals surface area (Å²) < 4.78 is 4.71. The van der Waals surface area contributed by atoms with Crippen LogP contribution in [0.2, 0.25) is 0 Å². The Morgan fingerprint density at radius 3 is 2.25 bits per heavy atom. The summed E-state index contributed by atoms with van der Waals surface area (Å²) in [4.78, 5) is 10.5. The van der Waals surface area contributed by atoms with E-state index in [0.717, 1.165) is 0 Å². The molecule has 1 aliphatic rings. The van der Waals surface area contributed by atoms with E-state index in [2.05, 4.69) is 0 Å². The van der Waals surface area contributed by atoms with Gasteiger partial charge in [-0.2, -0.15) is 0 Å². The number of carboxylic acids is 1. The number of aliphatic hydroxyl groups is 2. The lowest BCUT2D eigenvalue weighted by atomic mass is 10.0. The lowest BCUT2D eigenvalue weighted by Crippen LogP contribution is -2.57. The Kier molecular flexibility index (Phi) is 2.09. The summed E-state index contributed by atoms with van der Waals surface area (Å²) in [7, 11) is 0. The molecular weight excluding hydrogens is 166 g/mol. The molecule has 0 aliphatic carbocycles. The predicted octanol–water partition coefficient (Wildman–Crippen LogP) is -2.13. The third-order valence-corrected chi connectivity index (χ3v) is 1.96. The highest BCUT2D eigenvalue weighted by molar-refractivity contribution is 5.78. The van der Waals surface area contributed by atoms with Gasteiger partial charge in [-0.05, 0) is 6.92 Å². The van der Waals surface area contributed by atoms with Crippen LogP contribution in [0.5, 0.6) is 0 Å². The van der Waals surface area contributed by atoms with Gasteiger partial charge in [0.05, 0.1) is 6.10 Å². The smallest absolute Gasteiger partial charge is 0.354 e. The molecule has 0 bridgehead atoms. The van der Waals surface area contributed by atoms with Gasteiger partial charge in [-0.1, -0.05) is 0 Å². The van der Waals surface area contributed by atoms with Crippen molar-refractivity contribution in [1.29, 1.82) is 0 Å². The molecule has 1 fully saturated rings. The molecule has 1 aliphatic heterocycles. The van der Waals surface area contributed by atoms with Crippen molar-refractivity contribution in [2.45, 2.75) is 31.0 Å². The Morgan fingerprint density at radius 2 is 2.08 bits per heavy atom. The van der Waals surface area contributed by atoms with Crippen LogP contribution in [0.1, 0.15) is 6.92 Å². The second kappa shape index (κ2) is 2.67. The van der Waals surface area contributed by atoms with Gasteiger partial charge in [0, 0.05) is 0 Å². The van der Waals surface area contributed by atoms with Crippen LogP contribution in [0.15, 0.2) is 0 Å². The van der Waals surface area contributed by atoms with E-state index in [1.807, 2.05) is 0 Å². The lowest BCUT2D eigenvalue weighted by Gasteiger charge is -2.21. The number of aliphatic hydroxyl groups excluding tert-OH is 2. The van der Waals surface area contributed by atoms with E-state index in [1.165, 1.54) is 6.92 Å². The van der Waals surface area contributed by atoms with Crippen LogP contribution in [-0.2, 0) is 9.53 Å². The van der Waals surface area contributed by atoms with E-state index in [0.29, 0.717) is 0 Å². The van der Waals surface area contributed by atoms with Crippen LogP contribution in [0.3, 0.4) is 0 Å². The molecule has 0 saturated carbocycles. The first kappa shape index (κ1) is 9.40. The lowest BCUT2D eigenvalue weighted by molar-refractivity contribution is -0.171. The standard InChI is InChI=1S/C6H11NO5/c1-2-3(8)4(9)6(7,12-2)5(10)11/h2-4,8-9H,7H2,1H3,(H,10,11)/t2-,3?,4?,6?/m0/s1. The number of hydrogen-bond acceptors (Lipinski definition) is 5. The Labute approximate surface area is 68.6 Å². The molecular formula is C6H11NO5. The molecule has 6 nitrogen and oxygen atoms in total. The number of carboxylic acid groups (broad SMARTS) is 1. The number of aliphatic carboxylic acids is 1. The maximum absolute atomic E-state index is 10.5. The number of hydrogen-bond donors (Lipinski definition) is 4. The van der Waals surface area contributed by atoms with E-state index in [-0.39, 0.29) is 0 Å². The highest BCUT2D eigenvalue weighted by Gasteiger charge is 2.55. The van der Waals surface area contributed by atoms with Gasteiger partial charge < -0.3 is 20.1 Å². The molecule has 1 heterocycles. The van der Waals surface area contributed by atoms with E-state index >= 15 is 0 Å². The molecule has 0 aromatic heterocycles. The van der Waals surface area contributed by atoms with Crippen LogP contribution in [0, 0.1) is 0 Å². The molecule has 0 aromatic rings. The normalized spacial score (nSPS) is 47.8. The highest BCUT2D eigenvalue weighted by Crippen LogP contribution is 2.26. The van der Waals surface area contributed by atoms with Crippen LogP contribution in [-0.4, -0.2) is 45.3 Å². The number of ether oxygens (including phenoxy) is 1. The quantitative estimate of drug-likeness (QED) is 0.364. The molecule has 70 valence electrons. The maximum atomic E-state index is 10.5. The SMILES string of the molecule is C[C@@H]1OC(N)(C(=O)O)C(O)C1O. The minimum Gasteiger partial charge on any atom is -0.478 e. The van der Waals surface area contributed by atoms with E-state index in [9.17, 15) is 9.90 Å². The van der Waals surface area contributed by atoms with Gasteiger partial charge in [0.2, 0.25) is 5.72 Å². The van der Waals surface area contributed by atoms with Crippen LogP contribution in [0.4, 0.5) is 0 Å². The topological polar surface area (TPSA) is 113 Å². The average molecular weight is 177 g/mol. The fraction of sp³-hybridized carbons (Fsp3) is 0.833. The molecule has 1 saturated heterocycles. The number of carbonyl (C=O) groups is 1. The molecule has 6 heteroatoms. The first-order valence-electron chi connectivity index (χ1n) is 3.46. The van der Waals surface area contributed by atoms with E-state index in [1.54, 1.807) is 0 Å². The van der Waals surface area contributed by atoms with Crippen molar-refractivity contribution in [1.82, 2.24) is 0 Å². The molecule has 5 N–H and O–H groups in total. The summed E-state index contributed by atoms with van der Waals surface area (Å²) >= 11 is 0. The van der Waals surface area contributed by atoms with Crippen molar-refractivity contribution < 1.29 is 24.9 Å². The third-order valence-electron chi connectivity index (χ3n) is 1.96. The minimum atomic E-state index is -2.18. The summed E-state index contributed by atoms with van der Waals surface area (Å²) in [6.07, 6.45) is -3.63. The van der Waals surface area contributed by atoms with Crippen molar-refractivity contribution in [3.63, 3.8) is 0 Å². The van der Waals surface area contributed by atoms with Crippen molar-refractivity contribution in [3.05, 3.63) is 0 Å². The van der Waals surface area contributed by atoms with E-state index in [4.69, 9.17) is 20.7 Å². The molecule has 0 radical (unpaired) electrons. The zero-order valence-electron chi connectivity index (χ0n) is 6.47. The molecule has 1 rings (SSSR count). The van der Waals surface area contributed by atoms with Crippen LogP contribution < -0.4 is 5.73 Å². The summed E-state index contributed by atoms with van der Waals surface area (Å²) in [5.41, 5.74) is 3.01. The largest absolute Gasteiger partial charge is 0.478 e. The second-order valence-corrected chi connectivity index (χ2v) is 2.86. The molecule has 0 spiro atoms. The zero-order valence-corrected chi connectivity index (χ0v) is 6.47. The molecule has 3 unspecified atom stereocenters. The van der Waals surface area contributed by atoms with Crippen LogP contribution >= 0.6 is 0 Å². The molecule has 0 amide bonds. The Bertz CT molecular complexity index is 208.